The number of ether oxygens (including phenoxy) is 2. The van der Waals surface area contributed by atoms with Gasteiger partial charge in [-0.2, -0.15) is 5.26 Å². The van der Waals surface area contributed by atoms with Crippen molar-refractivity contribution in [1.29, 1.82) is 5.26 Å². The largest absolute Gasteiger partial charge is 0.493 e. The summed E-state index contributed by atoms with van der Waals surface area (Å²) in [7, 11) is 3.23. The number of urea groups is 1. The number of nitrogens with zero attached hydrogens (tertiary/aromatic N) is 8. The Morgan fingerprint density at radius 2 is 1.82 bits per heavy atom. The van der Waals surface area contributed by atoms with E-state index in [0.29, 0.717) is 36.2 Å². The second-order valence-electron chi connectivity index (χ2n) is 9.87. The molecule has 4 aromatic rings. The molecule has 11 nitrogen and oxygen atoms in total. The van der Waals surface area contributed by atoms with Crippen molar-refractivity contribution in [3.8, 4) is 17.6 Å². The van der Waals surface area contributed by atoms with Gasteiger partial charge in [0, 0.05) is 50.0 Å². The van der Waals surface area contributed by atoms with Crippen molar-refractivity contribution < 1.29 is 14.3 Å². The highest BCUT2D eigenvalue weighted by atomic mass is 16.5. The summed E-state index contributed by atoms with van der Waals surface area (Å²) in [5.41, 5.74) is 3.41. The van der Waals surface area contributed by atoms with Gasteiger partial charge in [-0.1, -0.05) is 0 Å². The number of pyridine rings is 2. The van der Waals surface area contributed by atoms with Crippen LogP contribution in [-0.4, -0.2) is 64.7 Å². The lowest BCUT2D eigenvalue weighted by atomic mass is 9.95. The van der Waals surface area contributed by atoms with Gasteiger partial charge < -0.3 is 19.3 Å². The van der Waals surface area contributed by atoms with Gasteiger partial charge in [0.2, 0.25) is 0 Å². The fraction of sp³-hybridized carbons (Fsp3) is 0.310. The van der Waals surface area contributed by atoms with Crippen LogP contribution < -0.4 is 19.3 Å². The molecule has 1 aromatic carbocycles. The van der Waals surface area contributed by atoms with E-state index in [1.807, 2.05) is 23.1 Å². The first-order valence-electron chi connectivity index (χ1n) is 13.1. The molecule has 0 radical (unpaired) electrons. The number of carbonyl (C=O) groups excluding carboxylic acids is 1. The van der Waals surface area contributed by atoms with E-state index in [1.54, 1.807) is 56.2 Å². The highest BCUT2D eigenvalue weighted by Crippen LogP contribution is 2.37. The zero-order valence-electron chi connectivity index (χ0n) is 22.3. The molecule has 2 aliphatic rings. The molecule has 5 heterocycles. The maximum atomic E-state index is 13.8. The maximum absolute atomic E-state index is 13.8. The lowest BCUT2D eigenvalue weighted by Gasteiger charge is -2.40. The van der Waals surface area contributed by atoms with Crippen molar-refractivity contribution in [1.82, 2.24) is 24.8 Å². The van der Waals surface area contributed by atoms with E-state index in [0.717, 1.165) is 53.9 Å². The summed E-state index contributed by atoms with van der Waals surface area (Å²) >= 11 is 0. The normalized spacial score (nSPS) is 15.6. The Balaban J connectivity index is 1.20. The molecule has 0 saturated carbocycles. The van der Waals surface area contributed by atoms with Gasteiger partial charge in [-0.3, -0.25) is 9.88 Å². The summed E-state index contributed by atoms with van der Waals surface area (Å²) in [4.78, 5) is 36.9. The van der Waals surface area contributed by atoms with Crippen LogP contribution in [0.4, 0.5) is 22.0 Å². The molecule has 0 spiro atoms. The molecular formula is C29H28N8O3. The number of fused-ring (bicyclic) bond motifs is 2. The Labute approximate surface area is 231 Å². The number of methoxy groups -OCH3 is 2. The fourth-order valence-corrected chi connectivity index (χ4v) is 5.54. The van der Waals surface area contributed by atoms with Crippen molar-refractivity contribution in [3.63, 3.8) is 0 Å². The summed E-state index contributed by atoms with van der Waals surface area (Å²) in [5, 5.41) is 10.3. The first-order chi connectivity index (χ1) is 19.6. The molecule has 2 amide bonds. The van der Waals surface area contributed by atoms with Crippen LogP contribution in [0, 0.1) is 17.2 Å². The molecule has 1 fully saturated rings. The number of piperidine rings is 1. The van der Waals surface area contributed by atoms with Crippen molar-refractivity contribution in [2.75, 3.05) is 43.7 Å². The van der Waals surface area contributed by atoms with Crippen LogP contribution in [-0.2, 0) is 6.54 Å². The topological polar surface area (TPSA) is 121 Å². The SMILES string of the molecule is COc1cc2ncnc(N3CCC(CN4Cc5ccncc5N(c5ccnc(C#N)c5)C4=O)CC3)c2cc1OC. The number of rotatable bonds is 6. The molecule has 0 aliphatic carbocycles. The van der Waals surface area contributed by atoms with Crippen molar-refractivity contribution >= 4 is 34.1 Å². The number of hydrogen-bond acceptors (Lipinski definition) is 9. The number of aromatic nitrogens is 4. The Kier molecular flexibility index (Phi) is 6.74. The Morgan fingerprint density at radius 1 is 1.02 bits per heavy atom. The quantitative estimate of drug-likeness (QED) is 0.355. The molecule has 2 aliphatic heterocycles. The molecule has 202 valence electrons. The van der Waals surface area contributed by atoms with E-state index in [1.165, 1.54) is 0 Å². The molecule has 3 aromatic heterocycles. The van der Waals surface area contributed by atoms with Gasteiger partial charge in [-0.15, -0.1) is 0 Å². The highest BCUT2D eigenvalue weighted by Gasteiger charge is 2.34. The van der Waals surface area contributed by atoms with E-state index in [4.69, 9.17) is 9.47 Å². The highest BCUT2D eigenvalue weighted by molar-refractivity contribution is 6.01. The first-order valence-corrected chi connectivity index (χ1v) is 13.1. The molecule has 1 saturated heterocycles. The second-order valence-corrected chi connectivity index (χ2v) is 9.87. The average molecular weight is 537 g/mol. The van der Waals surface area contributed by atoms with Gasteiger partial charge in [0.15, 0.2) is 11.5 Å². The molecule has 40 heavy (non-hydrogen) atoms. The first kappa shape index (κ1) is 25.3. The van der Waals surface area contributed by atoms with Crippen LogP contribution in [0.5, 0.6) is 11.5 Å². The minimum atomic E-state index is -0.124. The third-order valence-electron chi connectivity index (χ3n) is 7.58. The minimum absolute atomic E-state index is 0.124. The van der Waals surface area contributed by atoms with E-state index in [-0.39, 0.29) is 11.7 Å². The number of amides is 2. The Morgan fingerprint density at radius 3 is 2.60 bits per heavy atom. The summed E-state index contributed by atoms with van der Waals surface area (Å²) in [5.74, 6) is 2.48. The number of hydrogen-bond donors (Lipinski definition) is 0. The van der Waals surface area contributed by atoms with Crippen molar-refractivity contribution in [2.45, 2.75) is 19.4 Å². The van der Waals surface area contributed by atoms with Gasteiger partial charge in [-0.05, 0) is 48.6 Å². The predicted molar refractivity (Wildman–Crippen MR) is 149 cm³/mol. The van der Waals surface area contributed by atoms with E-state index >= 15 is 0 Å². The van der Waals surface area contributed by atoms with Crippen LogP contribution in [0.2, 0.25) is 0 Å². The molecule has 11 heteroatoms. The predicted octanol–water partition coefficient (Wildman–Crippen LogP) is 4.30. The van der Waals surface area contributed by atoms with E-state index in [9.17, 15) is 10.1 Å². The molecule has 6 rings (SSSR count). The van der Waals surface area contributed by atoms with E-state index in [2.05, 4.69) is 30.9 Å². The van der Waals surface area contributed by atoms with Crippen LogP contribution in [0.3, 0.4) is 0 Å². The van der Waals surface area contributed by atoms with Gasteiger partial charge >= 0.3 is 6.03 Å². The molecule has 0 N–H and O–H groups in total. The number of anilines is 3. The third-order valence-corrected chi connectivity index (χ3v) is 7.58. The van der Waals surface area contributed by atoms with E-state index < -0.39 is 0 Å². The summed E-state index contributed by atoms with van der Waals surface area (Å²) in [6, 6.07) is 11.1. The molecule has 0 bridgehead atoms. The number of carbonyl (C=O) groups is 1. The second kappa shape index (κ2) is 10.6. The average Bonchev–Trinajstić information content (AvgIpc) is 3.01. The summed E-state index contributed by atoms with van der Waals surface area (Å²) in [6.45, 7) is 2.78. The summed E-state index contributed by atoms with van der Waals surface area (Å²) in [6.07, 6.45) is 8.41. The van der Waals surface area contributed by atoms with Crippen molar-refractivity contribution in [3.05, 3.63) is 66.5 Å². The fourth-order valence-electron chi connectivity index (χ4n) is 5.54. The standard InChI is InChI=1S/C29H28N8O3/c1-39-26-12-23-24(13-27(26)40-2)33-18-34-28(23)35-9-5-19(6-10-35)16-36-17-20-3-7-31-15-25(20)37(29(36)38)22-4-8-32-21(11-22)14-30/h3-4,7-8,11-13,15,18-19H,5-6,9-10,16-17H2,1-2H3. The van der Waals surface area contributed by atoms with Crippen LogP contribution in [0.15, 0.2) is 55.2 Å². The van der Waals surface area contributed by atoms with Gasteiger partial charge in [-0.25, -0.2) is 19.7 Å². The number of benzene rings is 1. The smallest absolute Gasteiger partial charge is 0.329 e. The summed E-state index contributed by atoms with van der Waals surface area (Å²) < 4.78 is 11.0. The molecule has 0 atom stereocenters. The minimum Gasteiger partial charge on any atom is -0.493 e. The van der Waals surface area contributed by atoms with Gasteiger partial charge in [0.05, 0.1) is 37.3 Å². The zero-order chi connectivity index (χ0) is 27.6. The third kappa shape index (κ3) is 4.58. The van der Waals surface area contributed by atoms with Crippen LogP contribution in [0.1, 0.15) is 24.1 Å². The number of nitriles is 1. The lowest BCUT2D eigenvalue weighted by molar-refractivity contribution is 0.183. The maximum Gasteiger partial charge on any atom is 0.329 e. The lowest BCUT2D eigenvalue weighted by Crippen LogP contribution is -2.48. The molecule has 0 unspecified atom stereocenters. The van der Waals surface area contributed by atoms with Crippen molar-refractivity contribution in [2.24, 2.45) is 5.92 Å². The molecular weight excluding hydrogens is 508 g/mol. The van der Waals surface area contributed by atoms with Crippen LogP contribution >= 0.6 is 0 Å². The van der Waals surface area contributed by atoms with Gasteiger partial charge in [0.25, 0.3) is 0 Å². The zero-order valence-corrected chi connectivity index (χ0v) is 22.3. The Bertz CT molecular complexity index is 1610. The Hall–Kier alpha value is -4.98. The van der Waals surface area contributed by atoms with Crippen LogP contribution in [0.25, 0.3) is 10.9 Å². The van der Waals surface area contributed by atoms with Gasteiger partial charge in [0.1, 0.15) is 23.9 Å². The monoisotopic (exact) mass is 536 g/mol.